The van der Waals surface area contributed by atoms with E-state index in [0.717, 1.165) is 50.9 Å². The maximum Gasteiger partial charge on any atom is 0.248 e. The predicted octanol–water partition coefficient (Wildman–Crippen LogP) is 2.89. The van der Waals surface area contributed by atoms with Crippen LogP contribution in [0.4, 0.5) is 0 Å². The first kappa shape index (κ1) is 17.9. The number of amides is 2. The third-order valence-electron chi connectivity index (χ3n) is 5.91. The van der Waals surface area contributed by atoms with Gasteiger partial charge in [0, 0.05) is 38.4 Å². The summed E-state index contributed by atoms with van der Waals surface area (Å²) >= 11 is 0. The molecule has 0 N–H and O–H groups in total. The highest BCUT2D eigenvalue weighted by atomic mass is 16.2. The molecule has 5 heteroatoms. The van der Waals surface area contributed by atoms with Crippen molar-refractivity contribution in [1.29, 1.82) is 0 Å². The maximum atomic E-state index is 13.2. The van der Waals surface area contributed by atoms with Gasteiger partial charge in [-0.1, -0.05) is 0 Å². The molecule has 2 amide bonds. The van der Waals surface area contributed by atoms with Gasteiger partial charge in [0.15, 0.2) is 0 Å². The Bertz CT molecular complexity index is 652. The van der Waals surface area contributed by atoms with Gasteiger partial charge in [-0.25, -0.2) is 0 Å². The van der Waals surface area contributed by atoms with E-state index in [-0.39, 0.29) is 11.8 Å². The lowest BCUT2D eigenvalue weighted by atomic mass is 9.84. The van der Waals surface area contributed by atoms with E-state index in [0.29, 0.717) is 12.5 Å². The van der Waals surface area contributed by atoms with Crippen LogP contribution in [0, 0.1) is 6.92 Å². The van der Waals surface area contributed by atoms with E-state index >= 15 is 0 Å². The van der Waals surface area contributed by atoms with Crippen molar-refractivity contribution < 1.29 is 9.59 Å². The maximum absolute atomic E-state index is 13.2. The number of carbonyl (C=O) groups excluding carboxylic acids is 2. The number of likely N-dealkylation sites (tertiary alicyclic amines) is 2. The molecule has 3 heterocycles. The van der Waals surface area contributed by atoms with E-state index in [4.69, 9.17) is 0 Å². The number of pyridine rings is 1. The van der Waals surface area contributed by atoms with Crippen LogP contribution in [0.1, 0.15) is 63.1 Å². The van der Waals surface area contributed by atoms with Gasteiger partial charge in [-0.05, 0) is 69.6 Å². The summed E-state index contributed by atoms with van der Waals surface area (Å²) in [5.41, 5.74) is 1.71. The number of hydrogen-bond acceptors (Lipinski definition) is 3. The zero-order valence-electron chi connectivity index (χ0n) is 15.6. The number of hydrogen-bond donors (Lipinski definition) is 0. The normalized spacial score (nSPS) is 25.1. The summed E-state index contributed by atoms with van der Waals surface area (Å²) in [5.74, 6) is 0.637. The Balaban J connectivity index is 1.67. The molecule has 0 aliphatic carbocycles. The van der Waals surface area contributed by atoms with Crippen LogP contribution < -0.4 is 0 Å². The van der Waals surface area contributed by atoms with Crippen molar-refractivity contribution in [1.82, 2.24) is 14.8 Å². The second kappa shape index (κ2) is 7.14. The van der Waals surface area contributed by atoms with Crippen LogP contribution in [0.2, 0.25) is 0 Å². The smallest absolute Gasteiger partial charge is 0.248 e. The molecule has 2 aliphatic heterocycles. The average molecular weight is 343 g/mol. The minimum absolute atomic E-state index is 0.0118. The first-order chi connectivity index (χ1) is 11.9. The fraction of sp³-hybridized carbons (Fsp3) is 0.650. The van der Waals surface area contributed by atoms with Crippen LogP contribution >= 0.6 is 0 Å². The molecular weight excluding hydrogens is 314 g/mol. The van der Waals surface area contributed by atoms with Crippen molar-refractivity contribution in [2.24, 2.45) is 0 Å². The van der Waals surface area contributed by atoms with Gasteiger partial charge in [0.05, 0.1) is 0 Å². The Labute approximate surface area is 150 Å². The predicted molar refractivity (Wildman–Crippen MR) is 97.2 cm³/mol. The zero-order valence-corrected chi connectivity index (χ0v) is 15.6. The number of aryl methyl sites for hydroxylation is 1. The summed E-state index contributed by atoms with van der Waals surface area (Å²) in [6.07, 6.45) is 6.60. The van der Waals surface area contributed by atoms with E-state index in [9.17, 15) is 9.59 Å². The summed E-state index contributed by atoms with van der Waals surface area (Å²) in [5, 5.41) is 0. The molecular formula is C20H29N3O2. The average Bonchev–Trinajstić information content (AvgIpc) is 2.61. The molecule has 1 aromatic rings. The summed E-state index contributed by atoms with van der Waals surface area (Å²) in [7, 11) is 0. The van der Waals surface area contributed by atoms with Crippen LogP contribution in [-0.4, -0.2) is 51.8 Å². The minimum Gasteiger partial charge on any atom is -0.341 e. The number of rotatable bonds is 2. The van der Waals surface area contributed by atoms with Crippen molar-refractivity contribution in [3.8, 4) is 0 Å². The van der Waals surface area contributed by atoms with Gasteiger partial charge in [0.2, 0.25) is 11.8 Å². The van der Waals surface area contributed by atoms with E-state index in [2.05, 4.69) is 17.1 Å². The van der Waals surface area contributed by atoms with Crippen molar-refractivity contribution >= 4 is 11.8 Å². The van der Waals surface area contributed by atoms with Gasteiger partial charge in [-0.15, -0.1) is 0 Å². The van der Waals surface area contributed by atoms with Crippen LogP contribution in [-0.2, 0) is 9.59 Å². The molecule has 0 aromatic carbocycles. The summed E-state index contributed by atoms with van der Waals surface area (Å²) in [6, 6.07) is 4.25. The number of carbonyl (C=O) groups is 2. The van der Waals surface area contributed by atoms with Gasteiger partial charge >= 0.3 is 0 Å². The highest BCUT2D eigenvalue weighted by Crippen LogP contribution is 2.33. The summed E-state index contributed by atoms with van der Waals surface area (Å²) in [6.45, 7) is 7.79. The number of nitrogens with zero attached hydrogens (tertiary/aromatic N) is 3. The standard InChI is InChI=1S/C20H29N3O2/c1-15-14-18(6-10-21-15)17-7-12-22(13-8-17)19(25)20(3)9-4-5-11-23(20)16(2)24/h6,10,14,17H,4-5,7-9,11-13H2,1-3H3. The molecule has 25 heavy (non-hydrogen) atoms. The quantitative estimate of drug-likeness (QED) is 0.830. The first-order valence-corrected chi connectivity index (χ1v) is 9.42. The van der Waals surface area contributed by atoms with E-state index < -0.39 is 5.54 Å². The molecule has 5 nitrogen and oxygen atoms in total. The van der Waals surface area contributed by atoms with Crippen molar-refractivity contribution in [2.45, 2.75) is 64.3 Å². The van der Waals surface area contributed by atoms with Crippen molar-refractivity contribution in [3.05, 3.63) is 29.6 Å². The molecule has 2 fully saturated rings. The molecule has 1 aromatic heterocycles. The lowest BCUT2D eigenvalue weighted by Gasteiger charge is -2.46. The fourth-order valence-electron chi connectivity index (χ4n) is 4.43. The first-order valence-electron chi connectivity index (χ1n) is 9.42. The van der Waals surface area contributed by atoms with E-state index in [1.54, 1.807) is 11.8 Å². The Morgan fingerprint density at radius 1 is 1.20 bits per heavy atom. The third kappa shape index (κ3) is 3.55. The summed E-state index contributed by atoms with van der Waals surface area (Å²) in [4.78, 5) is 33.3. The lowest BCUT2D eigenvalue weighted by Crippen LogP contribution is -2.62. The van der Waals surface area contributed by atoms with E-state index in [1.165, 1.54) is 5.56 Å². The Hall–Kier alpha value is -1.91. The Kier molecular flexibility index (Phi) is 5.11. The Morgan fingerprint density at radius 2 is 1.92 bits per heavy atom. The van der Waals surface area contributed by atoms with Gasteiger partial charge in [-0.2, -0.15) is 0 Å². The molecule has 2 aliphatic rings. The van der Waals surface area contributed by atoms with E-state index in [1.807, 2.05) is 24.9 Å². The zero-order chi connectivity index (χ0) is 18.0. The van der Waals surface area contributed by atoms with Crippen LogP contribution in [0.3, 0.4) is 0 Å². The SMILES string of the molecule is CC(=O)N1CCCCC1(C)C(=O)N1CCC(c2ccnc(C)c2)CC1. The topological polar surface area (TPSA) is 53.5 Å². The highest BCUT2D eigenvalue weighted by molar-refractivity contribution is 5.91. The number of piperidine rings is 2. The number of aromatic nitrogens is 1. The third-order valence-corrected chi connectivity index (χ3v) is 5.91. The molecule has 3 rings (SSSR count). The highest BCUT2D eigenvalue weighted by Gasteiger charge is 2.45. The second-order valence-corrected chi connectivity index (χ2v) is 7.70. The van der Waals surface area contributed by atoms with Gasteiger partial charge in [0.25, 0.3) is 0 Å². The minimum atomic E-state index is -0.663. The molecule has 1 unspecified atom stereocenters. The molecule has 0 bridgehead atoms. The molecule has 0 radical (unpaired) electrons. The van der Waals surface area contributed by atoms with Crippen molar-refractivity contribution in [2.75, 3.05) is 19.6 Å². The van der Waals surface area contributed by atoms with Gasteiger partial charge < -0.3 is 9.80 Å². The lowest BCUT2D eigenvalue weighted by molar-refractivity contribution is -0.155. The van der Waals surface area contributed by atoms with Crippen molar-refractivity contribution in [3.63, 3.8) is 0 Å². The van der Waals surface area contributed by atoms with Crippen LogP contribution in [0.15, 0.2) is 18.3 Å². The van der Waals surface area contributed by atoms with Crippen LogP contribution in [0.25, 0.3) is 0 Å². The second-order valence-electron chi connectivity index (χ2n) is 7.70. The molecule has 0 spiro atoms. The summed E-state index contributed by atoms with van der Waals surface area (Å²) < 4.78 is 0. The Morgan fingerprint density at radius 3 is 2.56 bits per heavy atom. The van der Waals surface area contributed by atoms with Gasteiger partial charge in [0.1, 0.15) is 5.54 Å². The molecule has 0 saturated carbocycles. The van der Waals surface area contributed by atoms with Crippen LogP contribution in [0.5, 0.6) is 0 Å². The fourth-order valence-corrected chi connectivity index (χ4v) is 4.43. The monoisotopic (exact) mass is 343 g/mol. The molecule has 136 valence electrons. The largest absolute Gasteiger partial charge is 0.341 e. The molecule has 2 saturated heterocycles. The van der Waals surface area contributed by atoms with Gasteiger partial charge in [-0.3, -0.25) is 14.6 Å². The molecule has 1 atom stereocenters.